The molecule has 0 unspecified atom stereocenters. The number of hydrogen-bond donors (Lipinski definition) is 0. The normalized spacial score (nSPS) is 10.2. The molecule has 0 amide bonds. The van der Waals surface area contributed by atoms with Crippen LogP contribution in [0.1, 0.15) is 5.56 Å². The fourth-order valence-electron chi connectivity index (χ4n) is 1.47. The maximum absolute atomic E-state index is 10.8. The summed E-state index contributed by atoms with van der Waals surface area (Å²) in [7, 11) is 0. The number of halogens is 1. The van der Waals surface area contributed by atoms with Crippen LogP contribution in [0.3, 0.4) is 0 Å². The zero-order valence-electron chi connectivity index (χ0n) is 8.98. The number of pyridine rings is 1. The molecule has 2 rings (SSSR count). The lowest BCUT2D eigenvalue weighted by atomic mass is 10.0. The van der Waals surface area contributed by atoms with Gasteiger partial charge in [-0.15, -0.1) is 0 Å². The number of hydrogen-bond acceptors (Lipinski definition) is 3. The van der Waals surface area contributed by atoms with Crippen molar-refractivity contribution in [3.8, 4) is 11.1 Å². The largest absolute Gasteiger partial charge is 0.272 e. The number of aryl methyl sites for hydroxylation is 1. The van der Waals surface area contributed by atoms with Crippen LogP contribution in [0, 0.1) is 23.2 Å². The van der Waals surface area contributed by atoms with Gasteiger partial charge in [0.25, 0.3) is 5.69 Å². The standard InChI is InChI=1S/C12H8ClN2O2/c1-8-2-3-9(6-11(8)15(16)17)10-4-5-12(13)14-7-10/h2-6H,1H3. The van der Waals surface area contributed by atoms with Gasteiger partial charge in [-0.1, -0.05) is 23.7 Å². The molecule has 0 saturated carbocycles. The summed E-state index contributed by atoms with van der Waals surface area (Å²) in [6, 6.07) is 8.36. The quantitative estimate of drug-likeness (QED) is 0.464. The van der Waals surface area contributed by atoms with Crippen LogP contribution in [0.5, 0.6) is 0 Å². The third kappa shape index (κ3) is 2.42. The average molecular weight is 248 g/mol. The van der Waals surface area contributed by atoms with Gasteiger partial charge in [-0.25, -0.2) is 4.98 Å². The maximum atomic E-state index is 10.8. The van der Waals surface area contributed by atoms with E-state index >= 15 is 0 Å². The highest BCUT2D eigenvalue weighted by Gasteiger charge is 2.11. The Labute approximate surface area is 103 Å². The molecule has 1 aromatic heterocycles. The molecule has 0 atom stereocenters. The minimum atomic E-state index is -0.401. The topological polar surface area (TPSA) is 56.0 Å². The molecule has 0 aliphatic heterocycles. The summed E-state index contributed by atoms with van der Waals surface area (Å²) in [6.45, 7) is 1.70. The molecule has 0 fully saturated rings. The zero-order chi connectivity index (χ0) is 12.4. The molecule has 1 aromatic carbocycles. The predicted octanol–water partition coefficient (Wildman–Crippen LogP) is 3.42. The van der Waals surface area contributed by atoms with Crippen molar-refractivity contribution >= 4 is 17.3 Å². The van der Waals surface area contributed by atoms with Crippen LogP contribution in [0.25, 0.3) is 11.1 Å². The van der Waals surface area contributed by atoms with Crippen LogP contribution >= 0.6 is 11.6 Å². The van der Waals surface area contributed by atoms with Crippen LogP contribution in [0.2, 0.25) is 5.15 Å². The van der Waals surface area contributed by atoms with Gasteiger partial charge < -0.3 is 0 Å². The molecule has 0 aliphatic rings. The van der Waals surface area contributed by atoms with E-state index in [4.69, 9.17) is 11.6 Å². The van der Waals surface area contributed by atoms with Crippen LogP contribution in [0.4, 0.5) is 5.69 Å². The second-order valence-electron chi connectivity index (χ2n) is 3.55. The van der Waals surface area contributed by atoms with Gasteiger partial charge in [0.05, 0.1) is 11.1 Å². The number of nitro groups is 1. The molecule has 0 bridgehead atoms. The highest BCUT2D eigenvalue weighted by molar-refractivity contribution is 6.29. The molecule has 2 aromatic rings. The Morgan fingerprint density at radius 2 is 2.12 bits per heavy atom. The fourth-order valence-corrected chi connectivity index (χ4v) is 1.58. The second kappa shape index (κ2) is 4.51. The Balaban J connectivity index is 2.50. The van der Waals surface area contributed by atoms with E-state index in [1.807, 2.05) is 0 Å². The molecule has 1 heterocycles. The van der Waals surface area contributed by atoms with Crippen LogP contribution in [0.15, 0.2) is 30.3 Å². The van der Waals surface area contributed by atoms with Gasteiger partial charge in [0.2, 0.25) is 0 Å². The van der Waals surface area contributed by atoms with Gasteiger partial charge in [-0.2, -0.15) is 0 Å². The fraction of sp³-hybridized carbons (Fsp3) is 0.0833. The van der Waals surface area contributed by atoms with Crippen molar-refractivity contribution < 1.29 is 4.92 Å². The summed E-state index contributed by atoms with van der Waals surface area (Å²) < 4.78 is 0. The molecule has 0 aliphatic carbocycles. The van der Waals surface area contributed by atoms with E-state index < -0.39 is 4.92 Å². The lowest BCUT2D eigenvalue weighted by Crippen LogP contribution is -1.92. The molecule has 85 valence electrons. The highest BCUT2D eigenvalue weighted by atomic mass is 35.5. The van der Waals surface area contributed by atoms with E-state index in [9.17, 15) is 10.1 Å². The van der Waals surface area contributed by atoms with E-state index in [-0.39, 0.29) is 5.69 Å². The predicted molar refractivity (Wildman–Crippen MR) is 64.9 cm³/mol. The zero-order valence-corrected chi connectivity index (χ0v) is 9.73. The van der Waals surface area contributed by atoms with Gasteiger partial charge in [0.15, 0.2) is 0 Å². The number of benzene rings is 1. The Bertz CT molecular complexity index is 567. The van der Waals surface area contributed by atoms with E-state index in [2.05, 4.69) is 11.2 Å². The van der Waals surface area contributed by atoms with E-state index in [0.717, 1.165) is 0 Å². The molecule has 17 heavy (non-hydrogen) atoms. The van der Waals surface area contributed by atoms with Crippen molar-refractivity contribution in [1.82, 2.24) is 4.98 Å². The molecular weight excluding hydrogens is 240 g/mol. The Hall–Kier alpha value is -1.94. The number of aromatic nitrogens is 1. The lowest BCUT2D eigenvalue weighted by Gasteiger charge is -2.02. The van der Waals surface area contributed by atoms with Gasteiger partial charge in [-0.3, -0.25) is 10.1 Å². The van der Waals surface area contributed by atoms with Gasteiger partial charge in [0.1, 0.15) is 5.15 Å². The van der Waals surface area contributed by atoms with Gasteiger partial charge >= 0.3 is 0 Å². The Morgan fingerprint density at radius 3 is 2.71 bits per heavy atom. The van der Waals surface area contributed by atoms with Crippen LogP contribution < -0.4 is 0 Å². The van der Waals surface area contributed by atoms with E-state index in [1.165, 1.54) is 6.07 Å². The summed E-state index contributed by atoms with van der Waals surface area (Å²) in [5.74, 6) is 0. The average Bonchev–Trinajstić information content (AvgIpc) is 2.30. The van der Waals surface area contributed by atoms with Crippen molar-refractivity contribution in [2.45, 2.75) is 6.92 Å². The third-order valence-electron chi connectivity index (χ3n) is 2.39. The van der Waals surface area contributed by atoms with Crippen molar-refractivity contribution in [2.24, 2.45) is 0 Å². The summed E-state index contributed by atoms with van der Waals surface area (Å²) >= 11 is 5.66. The molecule has 0 saturated heterocycles. The third-order valence-corrected chi connectivity index (χ3v) is 2.60. The molecule has 1 radical (unpaired) electrons. The first-order chi connectivity index (χ1) is 8.08. The first-order valence-electron chi connectivity index (χ1n) is 4.87. The van der Waals surface area contributed by atoms with E-state index in [0.29, 0.717) is 21.8 Å². The van der Waals surface area contributed by atoms with Crippen molar-refractivity contribution in [1.29, 1.82) is 0 Å². The molecule has 5 heteroatoms. The molecule has 4 nitrogen and oxygen atoms in total. The lowest BCUT2D eigenvalue weighted by molar-refractivity contribution is -0.385. The molecular formula is C12H8ClN2O2. The SMILES string of the molecule is Cc1ccc(-c2[c]nc(Cl)cc2)cc1[N+](=O)[O-]. The van der Waals surface area contributed by atoms with Crippen molar-refractivity contribution in [2.75, 3.05) is 0 Å². The Kier molecular flexibility index (Phi) is 3.06. The maximum Gasteiger partial charge on any atom is 0.272 e. The smallest absolute Gasteiger partial charge is 0.258 e. The van der Waals surface area contributed by atoms with Crippen molar-refractivity contribution in [3.05, 3.63) is 57.4 Å². The van der Waals surface area contributed by atoms with Gasteiger partial charge in [-0.05, 0) is 24.6 Å². The van der Waals surface area contributed by atoms with E-state index in [1.54, 1.807) is 31.2 Å². The minimum absolute atomic E-state index is 0.0888. The summed E-state index contributed by atoms with van der Waals surface area (Å²) in [4.78, 5) is 14.2. The first kappa shape index (κ1) is 11.5. The minimum Gasteiger partial charge on any atom is -0.258 e. The Morgan fingerprint density at radius 1 is 1.35 bits per heavy atom. The van der Waals surface area contributed by atoms with Crippen LogP contribution in [-0.2, 0) is 0 Å². The summed E-state index contributed by atoms with van der Waals surface area (Å²) in [6.07, 6.45) is 2.73. The number of nitrogens with zero attached hydrogens (tertiary/aromatic N) is 2. The highest BCUT2D eigenvalue weighted by Crippen LogP contribution is 2.26. The van der Waals surface area contributed by atoms with Crippen molar-refractivity contribution in [3.63, 3.8) is 0 Å². The van der Waals surface area contributed by atoms with Crippen LogP contribution in [-0.4, -0.2) is 9.91 Å². The second-order valence-corrected chi connectivity index (χ2v) is 3.94. The summed E-state index contributed by atoms with van der Waals surface area (Å²) in [5.41, 5.74) is 2.09. The monoisotopic (exact) mass is 247 g/mol. The van der Waals surface area contributed by atoms with Gasteiger partial charge in [0, 0.05) is 17.2 Å². The number of rotatable bonds is 2. The molecule has 0 N–H and O–H groups in total. The molecule has 0 spiro atoms. The number of nitro benzene ring substituents is 1. The summed E-state index contributed by atoms with van der Waals surface area (Å²) in [5, 5.41) is 11.2. The first-order valence-corrected chi connectivity index (χ1v) is 5.25.